The van der Waals surface area contributed by atoms with Crippen molar-refractivity contribution in [3.63, 3.8) is 0 Å². The number of pyridine rings is 1. The second-order valence-corrected chi connectivity index (χ2v) is 8.48. The molecule has 2 bridgehead atoms. The highest BCUT2D eigenvalue weighted by Crippen LogP contribution is 2.41. The van der Waals surface area contributed by atoms with Gasteiger partial charge >= 0.3 is 0 Å². The van der Waals surface area contributed by atoms with E-state index in [1.54, 1.807) is 12.3 Å². The van der Waals surface area contributed by atoms with Crippen LogP contribution in [0.2, 0.25) is 10.0 Å². The Hall–Kier alpha value is -1.37. The van der Waals surface area contributed by atoms with Crippen molar-refractivity contribution in [2.75, 3.05) is 13.1 Å². The van der Waals surface area contributed by atoms with Gasteiger partial charge in [0.15, 0.2) is 0 Å². The van der Waals surface area contributed by atoms with Gasteiger partial charge in [0.1, 0.15) is 6.04 Å². The highest BCUT2D eigenvalue weighted by molar-refractivity contribution is 6.34. The molecular weight excluding hydrogens is 375 g/mol. The summed E-state index contributed by atoms with van der Waals surface area (Å²) in [5.74, 6) is 0.115. The summed E-state index contributed by atoms with van der Waals surface area (Å²) in [4.78, 5) is 33.1. The maximum Gasteiger partial charge on any atom is 0.240 e. The smallest absolute Gasteiger partial charge is 0.240 e. The molecule has 4 rings (SSSR count). The zero-order chi connectivity index (χ0) is 18.4. The highest BCUT2D eigenvalue weighted by Gasteiger charge is 2.51. The number of nitrogens with two attached hydrogens (primary N) is 1. The molecule has 0 radical (unpaired) electrons. The summed E-state index contributed by atoms with van der Waals surface area (Å²) in [6.07, 6.45) is 4.90. The van der Waals surface area contributed by atoms with Crippen molar-refractivity contribution < 1.29 is 9.59 Å². The fraction of sp³-hybridized carbons (Fsp3) is 0.611. The number of carbonyl (C=O) groups is 2. The second-order valence-electron chi connectivity index (χ2n) is 7.64. The summed E-state index contributed by atoms with van der Waals surface area (Å²) >= 11 is 12.2. The Kier molecular flexibility index (Phi) is 4.84. The third-order valence-electron chi connectivity index (χ3n) is 5.97. The summed E-state index contributed by atoms with van der Waals surface area (Å²) in [6.45, 7) is 2.19. The molecule has 140 valence electrons. The Morgan fingerprint density at radius 2 is 2.08 bits per heavy atom. The Balaban J connectivity index is 1.58. The van der Waals surface area contributed by atoms with Crippen molar-refractivity contribution in [3.8, 4) is 0 Å². The molecule has 1 aromatic heterocycles. The number of likely N-dealkylation sites (tertiary alicyclic amines) is 1. The first-order valence-electron chi connectivity index (χ1n) is 9.07. The number of nitrogens with zero attached hydrogens (tertiary/aromatic N) is 3. The molecule has 8 heteroatoms. The predicted molar refractivity (Wildman–Crippen MR) is 98.6 cm³/mol. The molecule has 3 aliphatic rings. The lowest BCUT2D eigenvalue weighted by molar-refractivity contribution is -0.159. The van der Waals surface area contributed by atoms with Crippen LogP contribution in [0.15, 0.2) is 12.3 Å². The Morgan fingerprint density at radius 1 is 1.31 bits per heavy atom. The molecule has 0 aliphatic carbocycles. The molecule has 0 saturated carbocycles. The van der Waals surface area contributed by atoms with Crippen molar-refractivity contribution in [3.05, 3.63) is 28.0 Å². The van der Waals surface area contributed by atoms with E-state index in [9.17, 15) is 9.59 Å². The van der Waals surface area contributed by atoms with Gasteiger partial charge in [0, 0.05) is 44.2 Å². The van der Waals surface area contributed by atoms with Crippen LogP contribution in [0.1, 0.15) is 31.4 Å². The van der Waals surface area contributed by atoms with Crippen molar-refractivity contribution in [1.82, 2.24) is 14.8 Å². The van der Waals surface area contributed by atoms with E-state index < -0.39 is 11.9 Å². The van der Waals surface area contributed by atoms with Gasteiger partial charge in [-0.2, -0.15) is 0 Å². The number of hydrogen-bond donors (Lipinski definition) is 1. The quantitative estimate of drug-likeness (QED) is 0.847. The van der Waals surface area contributed by atoms with Gasteiger partial charge in [-0.1, -0.05) is 23.2 Å². The first kappa shape index (κ1) is 18.0. The predicted octanol–water partition coefficient (Wildman–Crippen LogP) is 2.08. The summed E-state index contributed by atoms with van der Waals surface area (Å²) in [5, 5.41) is 1.06. The number of carbonyl (C=O) groups excluding carboxylic acids is 2. The Morgan fingerprint density at radius 3 is 2.81 bits per heavy atom. The molecule has 3 fully saturated rings. The topological polar surface area (TPSA) is 79.5 Å². The first-order valence-corrected chi connectivity index (χ1v) is 9.82. The summed E-state index contributed by atoms with van der Waals surface area (Å²) in [6, 6.07) is 1.31. The summed E-state index contributed by atoms with van der Waals surface area (Å²) in [5.41, 5.74) is 6.49. The number of fused-ring (bicyclic) bond motifs is 4. The number of primary amides is 1. The Bertz CT molecular complexity index is 744. The third-order valence-corrected chi connectivity index (χ3v) is 6.50. The zero-order valence-electron chi connectivity index (χ0n) is 14.4. The monoisotopic (exact) mass is 396 g/mol. The Labute approximate surface area is 162 Å². The SMILES string of the molecule is NC(=O)[C@H]1[C@@H]2C[C@@H](CN(Cc3ncc(Cl)cc3Cl)C2)[C@@H]2CCCC(=O)N21. The van der Waals surface area contributed by atoms with Crippen molar-refractivity contribution in [1.29, 1.82) is 0 Å². The minimum absolute atomic E-state index is 0.0654. The first-order chi connectivity index (χ1) is 12.4. The normalized spacial score (nSPS) is 31.6. The molecule has 1 aromatic rings. The zero-order valence-corrected chi connectivity index (χ0v) is 15.9. The van der Waals surface area contributed by atoms with E-state index in [0.717, 1.165) is 31.5 Å². The van der Waals surface area contributed by atoms with Crippen LogP contribution in [0.4, 0.5) is 0 Å². The third kappa shape index (κ3) is 3.19. The average molecular weight is 397 g/mol. The molecule has 4 heterocycles. The minimum atomic E-state index is -0.500. The van der Waals surface area contributed by atoms with Crippen LogP contribution in [-0.4, -0.2) is 51.8 Å². The van der Waals surface area contributed by atoms with Gasteiger partial charge in [-0.3, -0.25) is 19.5 Å². The molecule has 2 amide bonds. The van der Waals surface area contributed by atoms with Crippen molar-refractivity contribution >= 4 is 35.0 Å². The largest absolute Gasteiger partial charge is 0.368 e. The van der Waals surface area contributed by atoms with Gasteiger partial charge in [-0.15, -0.1) is 0 Å². The summed E-state index contributed by atoms with van der Waals surface area (Å²) in [7, 11) is 0. The maximum absolute atomic E-state index is 12.5. The lowest BCUT2D eigenvalue weighted by Gasteiger charge is -2.55. The van der Waals surface area contributed by atoms with E-state index in [2.05, 4.69) is 9.88 Å². The molecule has 4 atom stereocenters. The fourth-order valence-electron chi connectivity index (χ4n) is 5.02. The number of piperidine rings is 3. The van der Waals surface area contributed by atoms with Crippen LogP contribution >= 0.6 is 23.2 Å². The lowest BCUT2D eigenvalue weighted by Crippen LogP contribution is -2.67. The van der Waals surface area contributed by atoms with Crippen LogP contribution in [0, 0.1) is 11.8 Å². The van der Waals surface area contributed by atoms with E-state index in [-0.39, 0.29) is 17.9 Å². The molecule has 0 unspecified atom stereocenters. The van der Waals surface area contributed by atoms with Gasteiger partial charge in [-0.25, -0.2) is 0 Å². The fourth-order valence-corrected chi connectivity index (χ4v) is 5.46. The van der Waals surface area contributed by atoms with E-state index in [1.165, 1.54) is 0 Å². The molecular formula is C18H22Cl2N4O2. The average Bonchev–Trinajstić information content (AvgIpc) is 2.58. The standard InChI is InChI=1S/C18H22Cl2N4O2/c19-12-5-13(20)14(22-6-12)9-23-7-10-4-11(8-23)17(18(21)26)24-15(10)2-1-3-16(24)25/h5-6,10-11,15,17H,1-4,7-9H2,(H2,21,26)/t10-,11+,15-,17+/m0/s1. The van der Waals surface area contributed by atoms with Crippen LogP contribution in [-0.2, 0) is 16.1 Å². The number of amides is 2. The van der Waals surface area contributed by atoms with Gasteiger partial charge in [0.2, 0.25) is 11.8 Å². The van der Waals surface area contributed by atoms with Crippen molar-refractivity contribution in [2.24, 2.45) is 17.6 Å². The minimum Gasteiger partial charge on any atom is -0.368 e. The number of hydrogen-bond acceptors (Lipinski definition) is 4. The van der Waals surface area contributed by atoms with E-state index in [4.69, 9.17) is 28.9 Å². The molecule has 2 N–H and O–H groups in total. The second kappa shape index (κ2) is 6.98. The molecule has 3 aliphatic heterocycles. The van der Waals surface area contributed by atoms with Gasteiger partial charge in [0.25, 0.3) is 0 Å². The van der Waals surface area contributed by atoms with Crippen LogP contribution < -0.4 is 5.73 Å². The number of rotatable bonds is 3. The van der Waals surface area contributed by atoms with Crippen LogP contribution in [0.5, 0.6) is 0 Å². The molecule has 0 spiro atoms. The molecule has 0 aromatic carbocycles. The highest BCUT2D eigenvalue weighted by atomic mass is 35.5. The number of halogens is 2. The lowest BCUT2D eigenvalue weighted by atomic mass is 9.72. The van der Waals surface area contributed by atoms with Gasteiger partial charge in [-0.05, 0) is 31.2 Å². The molecule has 3 saturated heterocycles. The van der Waals surface area contributed by atoms with Crippen molar-refractivity contribution in [2.45, 2.75) is 44.3 Å². The number of aromatic nitrogens is 1. The maximum atomic E-state index is 12.5. The van der Waals surface area contributed by atoms with Gasteiger partial charge < -0.3 is 10.6 Å². The van der Waals surface area contributed by atoms with Crippen LogP contribution in [0.3, 0.4) is 0 Å². The van der Waals surface area contributed by atoms with E-state index in [1.807, 2.05) is 4.90 Å². The van der Waals surface area contributed by atoms with Gasteiger partial charge in [0.05, 0.1) is 15.7 Å². The van der Waals surface area contributed by atoms with E-state index in [0.29, 0.717) is 35.5 Å². The molecule has 6 nitrogen and oxygen atoms in total. The summed E-state index contributed by atoms with van der Waals surface area (Å²) < 4.78 is 0. The molecule has 26 heavy (non-hydrogen) atoms. The van der Waals surface area contributed by atoms with E-state index >= 15 is 0 Å². The van der Waals surface area contributed by atoms with Crippen LogP contribution in [0.25, 0.3) is 0 Å².